The second-order valence-electron chi connectivity index (χ2n) is 8.87. The Morgan fingerprint density at radius 1 is 1.08 bits per heavy atom. The van der Waals surface area contributed by atoms with Gasteiger partial charge in [0.05, 0.1) is 18.4 Å². The molecule has 194 valence electrons. The van der Waals surface area contributed by atoms with Gasteiger partial charge in [-0.1, -0.05) is 24.3 Å². The van der Waals surface area contributed by atoms with Gasteiger partial charge in [0, 0.05) is 44.8 Å². The Morgan fingerprint density at radius 3 is 2.59 bits per heavy atom. The maximum absolute atomic E-state index is 13.3. The summed E-state index contributed by atoms with van der Waals surface area (Å²) >= 11 is 1.27. The quantitative estimate of drug-likeness (QED) is 0.295. The van der Waals surface area contributed by atoms with Crippen LogP contribution in [0.4, 0.5) is 9.39 Å². The van der Waals surface area contributed by atoms with Gasteiger partial charge >= 0.3 is 0 Å². The molecule has 0 radical (unpaired) electrons. The smallest absolute Gasteiger partial charge is 0.274 e. The summed E-state index contributed by atoms with van der Waals surface area (Å²) < 4.78 is 13.3. The number of carbonyl (C=O) groups excluding carboxylic acids is 2. The highest BCUT2D eigenvalue weighted by Crippen LogP contribution is 2.28. The molecule has 2 heterocycles. The predicted octanol–water partition coefficient (Wildman–Crippen LogP) is 3.32. The Hall–Kier alpha value is -3.44. The Kier molecular flexibility index (Phi) is 9.13. The van der Waals surface area contributed by atoms with Crippen LogP contribution in [-0.2, 0) is 6.54 Å². The number of β-amino-alcohol motifs (C(OH)–C–C–N with tert-alkyl or cyclic N) is 1. The number of hydrogen-bond donors (Lipinski definition) is 3. The second-order valence-corrected chi connectivity index (χ2v) is 9.75. The molecular weight excluding hydrogens is 493 g/mol. The van der Waals surface area contributed by atoms with Crippen LogP contribution in [0.3, 0.4) is 0 Å². The van der Waals surface area contributed by atoms with Crippen molar-refractivity contribution in [3.8, 4) is 0 Å². The normalized spacial score (nSPS) is 14.7. The maximum Gasteiger partial charge on any atom is 0.274 e. The molecule has 37 heavy (non-hydrogen) atoms. The molecule has 0 spiro atoms. The molecule has 2 aromatic carbocycles. The first-order valence-corrected chi connectivity index (χ1v) is 12.9. The molecular formula is C27H30FN5O3S. The number of benzene rings is 2. The molecule has 1 fully saturated rings. The van der Waals surface area contributed by atoms with Crippen molar-refractivity contribution in [3.63, 3.8) is 0 Å². The summed E-state index contributed by atoms with van der Waals surface area (Å²) in [5, 5.41) is 18.1. The molecule has 1 saturated heterocycles. The highest BCUT2D eigenvalue weighted by Gasteiger charge is 2.20. The molecule has 1 aliphatic heterocycles. The third kappa shape index (κ3) is 7.30. The summed E-state index contributed by atoms with van der Waals surface area (Å²) in [6.45, 7) is 7.04. The number of amides is 2. The fraction of sp³-hybridized carbons (Fsp3) is 0.296. The third-order valence-electron chi connectivity index (χ3n) is 6.13. The summed E-state index contributed by atoms with van der Waals surface area (Å²) in [7, 11) is 0. The van der Waals surface area contributed by atoms with E-state index in [9.17, 15) is 14.0 Å². The minimum Gasteiger partial charge on any atom is -0.395 e. The van der Waals surface area contributed by atoms with E-state index in [0.29, 0.717) is 33.8 Å². The van der Waals surface area contributed by atoms with Crippen LogP contribution in [0, 0.1) is 12.7 Å². The molecule has 8 nitrogen and oxygen atoms in total. The average Bonchev–Trinajstić information content (AvgIpc) is 3.25. The van der Waals surface area contributed by atoms with Crippen molar-refractivity contribution in [2.24, 2.45) is 5.10 Å². The van der Waals surface area contributed by atoms with E-state index in [1.54, 1.807) is 30.5 Å². The molecule has 0 saturated carbocycles. The van der Waals surface area contributed by atoms with Crippen molar-refractivity contribution >= 4 is 34.4 Å². The van der Waals surface area contributed by atoms with Crippen molar-refractivity contribution in [2.75, 3.05) is 44.6 Å². The van der Waals surface area contributed by atoms with Crippen LogP contribution in [0.1, 0.15) is 37.4 Å². The van der Waals surface area contributed by atoms with Crippen LogP contribution in [0.15, 0.2) is 59.0 Å². The second kappa shape index (κ2) is 12.7. The summed E-state index contributed by atoms with van der Waals surface area (Å²) in [5.41, 5.74) is 5.57. The van der Waals surface area contributed by atoms with Gasteiger partial charge < -0.3 is 10.4 Å². The lowest BCUT2D eigenvalue weighted by Crippen LogP contribution is -2.46. The van der Waals surface area contributed by atoms with Gasteiger partial charge in [-0.3, -0.25) is 19.4 Å². The van der Waals surface area contributed by atoms with Crippen LogP contribution in [0.25, 0.3) is 0 Å². The van der Waals surface area contributed by atoms with Crippen LogP contribution < -0.4 is 10.7 Å². The lowest BCUT2D eigenvalue weighted by Gasteiger charge is -2.34. The zero-order valence-electron chi connectivity index (χ0n) is 20.6. The van der Waals surface area contributed by atoms with Gasteiger partial charge in [0.1, 0.15) is 10.8 Å². The molecule has 4 rings (SSSR count). The van der Waals surface area contributed by atoms with Crippen LogP contribution in [0.2, 0.25) is 0 Å². The number of hydrazone groups is 1. The van der Waals surface area contributed by atoms with Gasteiger partial charge in [0.2, 0.25) is 0 Å². The van der Waals surface area contributed by atoms with E-state index in [0.717, 1.165) is 38.3 Å². The lowest BCUT2D eigenvalue weighted by atomic mass is 10.1. The average molecular weight is 524 g/mol. The number of thiophene rings is 1. The standard InChI is InChI=1S/C27H30FN5O3S/c1-19-18-37-27(24(19)26(36)31-29-16-20-4-3-7-23(28)15-20)30-25(35)22-6-2-5-21(14-22)17-33-10-8-32(9-11-33)12-13-34/h2-7,14-16,18,34H,8-13,17H2,1H3,(H,30,35)(H,31,36). The zero-order valence-corrected chi connectivity index (χ0v) is 21.4. The van der Waals surface area contributed by atoms with E-state index in [-0.39, 0.29) is 12.5 Å². The fourth-order valence-corrected chi connectivity index (χ4v) is 5.12. The van der Waals surface area contributed by atoms with Crippen molar-refractivity contribution in [1.29, 1.82) is 0 Å². The molecule has 0 bridgehead atoms. The minimum atomic E-state index is -0.462. The highest BCUT2D eigenvalue weighted by atomic mass is 32.1. The maximum atomic E-state index is 13.3. The lowest BCUT2D eigenvalue weighted by molar-refractivity contribution is 0.0956. The first-order chi connectivity index (χ1) is 17.9. The Bertz CT molecular complexity index is 1270. The number of aryl methyl sites for hydroxylation is 1. The van der Waals surface area contributed by atoms with E-state index in [2.05, 4.69) is 25.6 Å². The van der Waals surface area contributed by atoms with E-state index in [1.807, 2.05) is 18.2 Å². The molecule has 3 N–H and O–H groups in total. The number of hydrogen-bond acceptors (Lipinski definition) is 7. The Balaban J connectivity index is 1.37. The molecule has 2 amide bonds. The first kappa shape index (κ1) is 26.6. The van der Waals surface area contributed by atoms with E-state index >= 15 is 0 Å². The van der Waals surface area contributed by atoms with Crippen molar-refractivity contribution in [1.82, 2.24) is 15.2 Å². The number of aliphatic hydroxyl groups is 1. The largest absolute Gasteiger partial charge is 0.395 e. The summed E-state index contributed by atoms with van der Waals surface area (Å²) in [4.78, 5) is 30.4. The molecule has 0 atom stereocenters. The van der Waals surface area contributed by atoms with E-state index < -0.39 is 11.7 Å². The van der Waals surface area contributed by atoms with Gasteiger partial charge in [-0.15, -0.1) is 11.3 Å². The van der Waals surface area contributed by atoms with Crippen LogP contribution in [0.5, 0.6) is 0 Å². The molecule has 1 aromatic heterocycles. The Labute approximate surface area is 219 Å². The number of rotatable bonds is 9. The number of nitrogens with one attached hydrogen (secondary N) is 2. The Morgan fingerprint density at radius 2 is 1.84 bits per heavy atom. The highest BCUT2D eigenvalue weighted by molar-refractivity contribution is 7.15. The van der Waals surface area contributed by atoms with Gasteiger partial charge in [0.15, 0.2) is 0 Å². The van der Waals surface area contributed by atoms with Gasteiger partial charge in [-0.2, -0.15) is 5.10 Å². The monoisotopic (exact) mass is 523 g/mol. The number of piperazine rings is 1. The van der Waals surface area contributed by atoms with Crippen molar-refractivity contribution in [3.05, 3.63) is 87.5 Å². The van der Waals surface area contributed by atoms with E-state index in [4.69, 9.17) is 5.11 Å². The topological polar surface area (TPSA) is 97.3 Å². The molecule has 1 aliphatic rings. The number of carbonyl (C=O) groups is 2. The third-order valence-corrected chi connectivity index (χ3v) is 7.15. The molecule has 0 aliphatic carbocycles. The summed E-state index contributed by atoms with van der Waals surface area (Å²) in [5.74, 6) is -1.15. The predicted molar refractivity (Wildman–Crippen MR) is 144 cm³/mol. The van der Waals surface area contributed by atoms with Gasteiger partial charge in [-0.25, -0.2) is 9.82 Å². The first-order valence-electron chi connectivity index (χ1n) is 12.1. The summed E-state index contributed by atoms with van der Waals surface area (Å²) in [6.07, 6.45) is 1.36. The van der Waals surface area contributed by atoms with Crippen LogP contribution in [-0.4, -0.2) is 72.3 Å². The van der Waals surface area contributed by atoms with Gasteiger partial charge in [-0.05, 0) is 53.3 Å². The number of halogens is 1. The minimum absolute atomic E-state index is 0.173. The number of anilines is 1. The molecule has 3 aromatic rings. The summed E-state index contributed by atoms with van der Waals surface area (Å²) in [6, 6.07) is 13.4. The molecule has 10 heteroatoms. The van der Waals surface area contributed by atoms with E-state index in [1.165, 1.54) is 29.7 Å². The zero-order chi connectivity index (χ0) is 26.2. The molecule has 0 unspecified atom stereocenters. The van der Waals surface area contributed by atoms with Crippen molar-refractivity contribution < 1.29 is 19.1 Å². The number of aliphatic hydroxyl groups excluding tert-OH is 1. The van der Waals surface area contributed by atoms with Gasteiger partial charge in [0.25, 0.3) is 11.8 Å². The number of nitrogens with zero attached hydrogens (tertiary/aromatic N) is 3. The van der Waals surface area contributed by atoms with Crippen molar-refractivity contribution in [2.45, 2.75) is 13.5 Å². The fourth-order valence-electron chi connectivity index (χ4n) is 4.18. The van der Waals surface area contributed by atoms with Crippen LogP contribution >= 0.6 is 11.3 Å². The SMILES string of the molecule is Cc1csc(NC(=O)c2cccc(CN3CCN(CCO)CC3)c2)c1C(=O)NN=Cc1cccc(F)c1.